The minimum absolute atomic E-state index is 0.150. The fourth-order valence-electron chi connectivity index (χ4n) is 2.43. The molecule has 0 aromatic rings. The van der Waals surface area contributed by atoms with E-state index in [-0.39, 0.29) is 4.75 Å². The third kappa shape index (κ3) is 3.59. The van der Waals surface area contributed by atoms with E-state index in [1.807, 2.05) is 0 Å². The maximum atomic E-state index is 10.5. The molecule has 0 aromatic carbocycles. The molecular formula is C11H21NO2S. The van der Waals surface area contributed by atoms with Crippen LogP contribution in [0.5, 0.6) is 0 Å². The summed E-state index contributed by atoms with van der Waals surface area (Å²) in [7, 11) is 0. The topological polar surface area (TPSA) is 49.3 Å². The molecule has 0 bridgehead atoms. The minimum atomic E-state index is -0.925. The summed E-state index contributed by atoms with van der Waals surface area (Å²) in [5.41, 5.74) is 0. The number of carboxylic acid groups (broad SMARTS) is 1. The monoisotopic (exact) mass is 231 g/mol. The van der Waals surface area contributed by atoms with Gasteiger partial charge in [0.05, 0.1) is 0 Å². The number of nitrogens with one attached hydrogen (secondary N) is 1. The zero-order valence-corrected chi connectivity index (χ0v) is 10.4. The van der Waals surface area contributed by atoms with Crippen molar-refractivity contribution in [3.8, 4) is 0 Å². The molecule has 2 atom stereocenters. The minimum Gasteiger partial charge on any atom is -0.464 e. The van der Waals surface area contributed by atoms with Crippen molar-refractivity contribution in [3.05, 3.63) is 0 Å². The summed E-state index contributed by atoms with van der Waals surface area (Å²) in [4.78, 5) is 10.5. The van der Waals surface area contributed by atoms with Crippen molar-refractivity contribution >= 4 is 18.0 Å². The van der Waals surface area contributed by atoms with E-state index in [9.17, 15) is 4.79 Å². The summed E-state index contributed by atoms with van der Waals surface area (Å²) in [5, 5.41) is 8.65. The van der Waals surface area contributed by atoms with Gasteiger partial charge in [0.1, 0.15) is 0 Å². The first-order valence-electron chi connectivity index (χ1n) is 5.79. The molecule has 15 heavy (non-hydrogen) atoms. The first-order valence-corrected chi connectivity index (χ1v) is 6.60. The highest BCUT2D eigenvalue weighted by Gasteiger charge is 2.35. The van der Waals surface area contributed by atoms with E-state index < -0.39 is 6.09 Å². The summed E-state index contributed by atoms with van der Waals surface area (Å²) in [5.74, 6) is 0.779. The van der Waals surface area contributed by atoms with Crippen molar-refractivity contribution in [2.45, 2.75) is 57.1 Å². The Morgan fingerprint density at radius 3 is 2.87 bits per heavy atom. The first kappa shape index (κ1) is 12.7. The smallest absolute Gasteiger partial charge is 0.414 e. The molecule has 1 amide bonds. The molecule has 0 radical (unpaired) electrons. The predicted octanol–water partition coefficient (Wildman–Crippen LogP) is 3.65. The van der Waals surface area contributed by atoms with Crippen LogP contribution in [0.2, 0.25) is 0 Å². The van der Waals surface area contributed by atoms with E-state index in [0.717, 1.165) is 25.2 Å². The Labute approximate surface area is 96.1 Å². The summed E-state index contributed by atoms with van der Waals surface area (Å²) in [6.07, 6.45) is 6.19. The lowest BCUT2D eigenvalue weighted by Gasteiger charge is -2.39. The highest BCUT2D eigenvalue weighted by molar-refractivity contribution is 7.99. The molecule has 2 N–H and O–H groups in total. The molecule has 0 aromatic heterocycles. The molecule has 1 fully saturated rings. The molecule has 4 heteroatoms. The van der Waals surface area contributed by atoms with Crippen LogP contribution >= 0.6 is 11.9 Å². The van der Waals surface area contributed by atoms with E-state index >= 15 is 0 Å². The Bertz CT molecular complexity index is 223. The number of amides is 1. The Morgan fingerprint density at radius 1 is 1.60 bits per heavy atom. The van der Waals surface area contributed by atoms with Gasteiger partial charge in [-0.1, -0.05) is 33.1 Å². The van der Waals surface area contributed by atoms with Crippen LogP contribution in [0.3, 0.4) is 0 Å². The zero-order valence-electron chi connectivity index (χ0n) is 9.58. The van der Waals surface area contributed by atoms with Gasteiger partial charge < -0.3 is 5.11 Å². The van der Waals surface area contributed by atoms with E-state index in [1.165, 1.54) is 31.2 Å². The van der Waals surface area contributed by atoms with Gasteiger partial charge in [-0.15, -0.1) is 0 Å². The van der Waals surface area contributed by atoms with E-state index in [4.69, 9.17) is 5.11 Å². The SMILES string of the molecule is CCC1CCCC(CC)(SNC(=O)O)C1. The van der Waals surface area contributed by atoms with Crippen LogP contribution in [0, 0.1) is 5.92 Å². The number of hydrogen-bond donors (Lipinski definition) is 2. The first-order chi connectivity index (χ1) is 7.12. The molecule has 1 rings (SSSR count). The van der Waals surface area contributed by atoms with Crippen LogP contribution < -0.4 is 4.72 Å². The molecule has 1 saturated carbocycles. The van der Waals surface area contributed by atoms with Crippen molar-refractivity contribution in [2.75, 3.05) is 0 Å². The summed E-state index contributed by atoms with van der Waals surface area (Å²) in [6.45, 7) is 4.39. The summed E-state index contributed by atoms with van der Waals surface area (Å²) >= 11 is 1.42. The average molecular weight is 231 g/mol. The molecule has 0 saturated heterocycles. The van der Waals surface area contributed by atoms with E-state index in [2.05, 4.69) is 18.6 Å². The molecule has 0 heterocycles. The maximum absolute atomic E-state index is 10.5. The van der Waals surface area contributed by atoms with Crippen LogP contribution in [0.1, 0.15) is 52.4 Å². The van der Waals surface area contributed by atoms with Gasteiger partial charge in [-0.3, -0.25) is 4.72 Å². The Balaban J connectivity index is 2.54. The number of hydrogen-bond acceptors (Lipinski definition) is 2. The lowest BCUT2D eigenvalue weighted by molar-refractivity contribution is 0.201. The summed E-state index contributed by atoms with van der Waals surface area (Å²) in [6, 6.07) is 0. The number of carbonyl (C=O) groups is 1. The second-order valence-electron chi connectivity index (χ2n) is 4.42. The van der Waals surface area contributed by atoms with Gasteiger partial charge >= 0.3 is 6.09 Å². The molecule has 1 aliphatic carbocycles. The Kier molecular flexibility index (Phi) is 4.77. The fourth-order valence-corrected chi connectivity index (χ4v) is 3.44. The summed E-state index contributed by atoms with van der Waals surface area (Å²) < 4.78 is 2.64. The van der Waals surface area contributed by atoms with Crippen LogP contribution in [0.25, 0.3) is 0 Å². The van der Waals surface area contributed by atoms with Crippen LogP contribution in [0.4, 0.5) is 4.79 Å². The highest BCUT2D eigenvalue weighted by atomic mass is 32.2. The average Bonchev–Trinajstić information content (AvgIpc) is 2.26. The molecule has 3 nitrogen and oxygen atoms in total. The third-order valence-electron chi connectivity index (χ3n) is 3.48. The van der Waals surface area contributed by atoms with Crippen LogP contribution in [-0.2, 0) is 0 Å². The standard InChI is InChI=1S/C11H21NO2S/c1-3-9-6-5-7-11(4-2,8-9)15-12-10(13)14/h9,12H,3-8H2,1-2H3,(H,13,14). The Hall–Kier alpha value is -0.380. The zero-order chi connectivity index (χ0) is 11.3. The van der Waals surface area contributed by atoms with Gasteiger partial charge in [-0.2, -0.15) is 0 Å². The quantitative estimate of drug-likeness (QED) is 0.726. The van der Waals surface area contributed by atoms with Gasteiger partial charge in [0, 0.05) is 4.75 Å². The number of rotatable bonds is 4. The Morgan fingerprint density at radius 2 is 2.33 bits per heavy atom. The lowest BCUT2D eigenvalue weighted by atomic mass is 9.78. The molecule has 2 unspecified atom stereocenters. The molecule has 88 valence electrons. The highest BCUT2D eigenvalue weighted by Crippen LogP contribution is 2.44. The maximum Gasteiger partial charge on any atom is 0.414 e. The van der Waals surface area contributed by atoms with E-state index in [0.29, 0.717) is 0 Å². The lowest BCUT2D eigenvalue weighted by Crippen LogP contribution is -2.35. The van der Waals surface area contributed by atoms with Crippen LogP contribution in [-0.4, -0.2) is 15.9 Å². The fraction of sp³-hybridized carbons (Fsp3) is 0.909. The third-order valence-corrected chi connectivity index (χ3v) is 4.85. The van der Waals surface area contributed by atoms with E-state index in [1.54, 1.807) is 0 Å². The molecule has 0 spiro atoms. The molecule has 1 aliphatic rings. The van der Waals surface area contributed by atoms with Crippen molar-refractivity contribution in [2.24, 2.45) is 5.92 Å². The molecule has 0 aliphatic heterocycles. The van der Waals surface area contributed by atoms with Crippen molar-refractivity contribution in [1.29, 1.82) is 0 Å². The van der Waals surface area contributed by atoms with Gasteiger partial charge in [0.2, 0.25) is 0 Å². The van der Waals surface area contributed by atoms with Crippen molar-refractivity contribution in [3.63, 3.8) is 0 Å². The van der Waals surface area contributed by atoms with Gasteiger partial charge in [-0.25, -0.2) is 4.79 Å². The van der Waals surface area contributed by atoms with Crippen molar-refractivity contribution < 1.29 is 9.90 Å². The van der Waals surface area contributed by atoms with Crippen LogP contribution in [0.15, 0.2) is 0 Å². The van der Waals surface area contributed by atoms with Gasteiger partial charge in [0.25, 0.3) is 0 Å². The largest absolute Gasteiger partial charge is 0.464 e. The normalized spacial score (nSPS) is 31.2. The molecular weight excluding hydrogens is 210 g/mol. The van der Waals surface area contributed by atoms with Gasteiger partial charge in [-0.05, 0) is 37.1 Å². The predicted molar refractivity (Wildman–Crippen MR) is 64.0 cm³/mol. The van der Waals surface area contributed by atoms with Gasteiger partial charge in [0.15, 0.2) is 0 Å². The second-order valence-corrected chi connectivity index (χ2v) is 5.69. The van der Waals surface area contributed by atoms with Crippen molar-refractivity contribution in [1.82, 2.24) is 4.72 Å². The second kappa shape index (κ2) is 5.64.